The van der Waals surface area contributed by atoms with Crippen LogP contribution in [0.3, 0.4) is 0 Å². The van der Waals surface area contributed by atoms with Gasteiger partial charge in [0.2, 0.25) is 11.8 Å². The maximum absolute atomic E-state index is 12.3. The number of nitrogens with zero attached hydrogens (tertiary/aromatic N) is 1. The van der Waals surface area contributed by atoms with Gasteiger partial charge in [-0.05, 0) is 24.8 Å². The average molecular weight is 276 g/mol. The van der Waals surface area contributed by atoms with Crippen molar-refractivity contribution in [2.75, 3.05) is 6.54 Å². The summed E-state index contributed by atoms with van der Waals surface area (Å²) in [5.41, 5.74) is 6.04. The molecule has 0 bridgehead atoms. The van der Waals surface area contributed by atoms with Gasteiger partial charge in [0.05, 0.1) is 12.5 Å². The SMILES string of the molecule is NC(=O)C1CCCCN1C(=O)CC(O)c1ccccc1. The van der Waals surface area contributed by atoms with Crippen molar-refractivity contribution in [3.05, 3.63) is 35.9 Å². The number of aliphatic hydroxyl groups excluding tert-OH is 1. The highest BCUT2D eigenvalue weighted by molar-refractivity contribution is 5.87. The van der Waals surface area contributed by atoms with Crippen LogP contribution in [0, 0.1) is 0 Å². The lowest BCUT2D eigenvalue weighted by Gasteiger charge is -2.34. The summed E-state index contributed by atoms with van der Waals surface area (Å²) in [6.07, 6.45) is 1.52. The summed E-state index contributed by atoms with van der Waals surface area (Å²) >= 11 is 0. The van der Waals surface area contributed by atoms with Crippen LogP contribution in [-0.2, 0) is 9.59 Å². The van der Waals surface area contributed by atoms with E-state index in [9.17, 15) is 14.7 Å². The predicted octanol–water partition coefficient (Wildman–Crippen LogP) is 0.976. The van der Waals surface area contributed by atoms with E-state index in [0.29, 0.717) is 18.5 Å². The first kappa shape index (κ1) is 14.5. The fraction of sp³-hybridized carbons (Fsp3) is 0.467. The normalized spacial score (nSPS) is 20.4. The quantitative estimate of drug-likeness (QED) is 0.859. The van der Waals surface area contributed by atoms with Gasteiger partial charge in [-0.15, -0.1) is 0 Å². The second-order valence-electron chi connectivity index (χ2n) is 5.13. The highest BCUT2D eigenvalue weighted by Crippen LogP contribution is 2.22. The standard InChI is InChI=1S/C15H20N2O3/c16-15(20)12-8-4-5-9-17(12)14(19)10-13(18)11-6-2-1-3-7-11/h1-3,6-7,12-13,18H,4-5,8-10H2,(H2,16,20). The fourth-order valence-corrected chi connectivity index (χ4v) is 2.60. The molecule has 2 rings (SSSR count). The van der Waals surface area contributed by atoms with Gasteiger partial charge >= 0.3 is 0 Å². The molecule has 1 aromatic carbocycles. The Hall–Kier alpha value is -1.88. The van der Waals surface area contributed by atoms with Crippen LogP contribution >= 0.6 is 0 Å². The highest BCUT2D eigenvalue weighted by atomic mass is 16.3. The van der Waals surface area contributed by atoms with Gasteiger partial charge in [-0.25, -0.2) is 0 Å². The Morgan fingerprint density at radius 1 is 1.30 bits per heavy atom. The van der Waals surface area contributed by atoms with Gasteiger partial charge in [0, 0.05) is 6.54 Å². The zero-order valence-corrected chi connectivity index (χ0v) is 11.4. The van der Waals surface area contributed by atoms with Crippen LogP contribution in [0.5, 0.6) is 0 Å². The molecule has 0 saturated carbocycles. The van der Waals surface area contributed by atoms with Crippen LogP contribution in [0.2, 0.25) is 0 Å². The number of likely N-dealkylation sites (tertiary alicyclic amines) is 1. The molecule has 1 aliphatic rings. The monoisotopic (exact) mass is 276 g/mol. The number of piperidine rings is 1. The van der Waals surface area contributed by atoms with Crippen molar-refractivity contribution in [3.8, 4) is 0 Å². The second-order valence-corrected chi connectivity index (χ2v) is 5.13. The molecular formula is C15H20N2O3. The molecule has 20 heavy (non-hydrogen) atoms. The van der Waals surface area contributed by atoms with Gasteiger partial charge in [0.25, 0.3) is 0 Å². The Morgan fingerprint density at radius 2 is 2.00 bits per heavy atom. The van der Waals surface area contributed by atoms with Gasteiger partial charge in [-0.1, -0.05) is 30.3 Å². The minimum Gasteiger partial charge on any atom is -0.388 e. The van der Waals surface area contributed by atoms with Crippen molar-refractivity contribution >= 4 is 11.8 Å². The molecule has 0 aromatic heterocycles. The lowest BCUT2D eigenvalue weighted by molar-refractivity contribution is -0.142. The Balaban J connectivity index is 2.01. The number of amides is 2. The van der Waals surface area contributed by atoms with E-state index in [0.717, 1.165) is 12.8 Å². The number of hydrogen-bond acceptors (Lipinski definition) is 3. The molecule has 1 fully saturated rings. The van der Waals surface area contributed by atoms with Crippen molar-refractivity contribution in [1.29, 1.82) is 0 Å². The van der Waals surface area contributed by atoms with Crippen molar-refractivity contribution in [1.82, 2.24) is 4.90 Å². The predicted molar refractivity (Wildman–Crippen MR) is 74.6 cm³/mol. The van der Waals surface area contributed by atoms with Crippen LogP contribution in [0.25, 0.3) is 0 Å². The first-order chi connectivity index (χ1) is 9.59. The van der Waals surface area contributed by atoms with Crippen LogP contribution in [0.4, 0.5) is 0 Å². The van der Waals surface area contributed by atoms with Crippen LogP contribution in [0.15, 0.2) is 30.3 Å². The first-order valence-corrected chi connectivity index (χ1v) is 6.91. The van der Waals surface area contributed by atoms with E-state index in [4.69, 9.17) is 5.73 Å². The molecule has 0 aliphatic carbocycles. The molecule has 1 aromatic rings. The van der Waals surface area contributed by atoms with Crippen molar-refractivity contribution in [2.24, 2.45) is 5.73 Å². The molecule has 1 aliphatic heterocycles. The third-order valence-corrected chi connectivity index (χ3v) is 3.70. The highest BCUT2D eigenvalue weighted by Gasteiger charge is 2.31. The van der Waals surface area contributed by atoms with E-state index >= 15 is 0 Å². The molecule has 5 heteroatoms. The summed E-state index contributed by atoms with van der Waals surface area (Å²) in [4.78, 5) is 25.2. The number of nitrogens with two attached hydrogens (primary N) is 1. The minimum absolute atomic E-state index is 0.0200. The smallest absolute Gasteiger partial charge is 0.240 e. The second kappa shape index (κ2) is 6.52. The zero-order chi connectivity index (χ0) is 14.5. The lowest BCUT2D eigenvalue weighted by Crippen LogP contribution is -2.50. The summed E-state index contributed by atoms with van der Waals surface area (Å²) in [6.45, 7) is 0.536. The fourth-order valence-electron chi connectivity index (χ4n) is 2.60. The van der Waals surface area contributed by atoms with Crippen molar-refractivity contribution in [3.63, 3.8) is 0 Å². The maximum Gasteiger partial charge on any atom is 0.240 e. The van der Waals surface area contributed by atoms with Crippen molar-refractivity contribution < 1.29 is 14.7 Å². The Kier molecular flexibility index (Phi) is 4.74. The number of carbonyl (C=O) groups excluding carboxylic acids is 2. The van der Waals surface area contributed by atoms with E-state index in [1.807, 2.05) is 18.2 Å². The molecule has 0 spiro atoms. The van der Waals surface area contributed by atoms with Crippen LogP contribution in [-0.4, -0.2) is 34.4 Å². The molecule has 2 atom stereocenters. The zero-order valence-electron chi connectivity index (χ0n) is 11.4. The maximum atomic E-state index is 12.3. The Morgan fingerprint density at radius 3 is 2.65 bits per heavy atom. The third kappa shape index (κ3) is 3.36. The Bertz CT molecular complexity index is 475. The first-order valence-electron chi connectivity index (χ1n) is 6.91. The third-order valence-electron chi connectivity index (χ3n) is 3.70. The van der Waals surface area contributed by atoms with Gasteiger partial charge in [-0.3, -0.25) is 9.59 Å². The molecule has 5 nitrogen and oxygen atoms in total. The van der Waals surface area contributed by atoms with E-state index in [2.05, 4.69) is 0 Å². The number of hydrogen-bond donors (Lipinski definition) is 2. The lowest BCUT2D eigenvalue weighted by atomic mass is 9.99. The molecule has 2 unspecified atom stereocenters. The van der Waals surface area contributed by atoms with Crippen LogP contribution < -0.4 is 5.73 Å². The van der Waals surface area contributed by atoms with Gasteiger partial charge < -0.3 is 15.7 Å². The van der Waals surface area contributed by atoms with E-state index in [1.165, 1.54) is 4.90 Å². The van der Waals surface area contributed by atoms with E-state index < -0.39 is 18.1 Å². The van der Waals surface area contributed by atoms with E-state index in [-0.39, 0.29) is 12.3 Å². The van der Waals surface area contributed by atoms with E-state index in [1.54, 1.807) is 12.1 Å². The molecule has 3 N–H and O–H groups in total. The van der Waals surface area contributed by atoms with Gasteiger partial charge in [0.15, 0.2) is 0 Å². The minimum atomic E-state index is -0.848. The molecular weight excluding hydrogens is 256 g/mol. The molecule has 2 amide bonds. The van der Waals surface area contributed by atoms with Crippen molar-refractivity contribution in [2.45, 2.75) is 37.8 Å². The molecule has 108 valence electrons. The number of carbonyl (C=O) groups is 2. The largest absolute Gasteiger partial charge is 0.388 e. The summed E-state index contributed by atoms with van der Waals surface area (Å²) in [5, 5.41) is 10.1. The topological polar surface area (TPSA) is 83.6 Å². The summed E-state index contributed by atoms with van der Waals surface area (Å²) in [7, 11) is 0. The molecule has 1 saturated heterocycles. The number of aliphatic hydroxyl groups is 1. The summed E-state index contributed by atoms with van der Waals surface area (Å²) < 4.78 is 0. The summed E-state index contributed by atoms with van der Waals surface area (Å²) in [5.74, 6) is -0.683. The van der Waals surface area contributed by atoms with Gasteiger partial charge in [-0.2, -0.15) is 0 Å². The molecule has 1 heterocycles. The number of benzene rings is 1. The average Bonchev–Trinajstić information content (AvgIpc) is 2.48. The Labute approximate surface area is 118 Å². The van der Waals surface area contributed by atoms with Gasteiger partial charge in [0.1, 0.15) is 6.04 Å². The summed E-state index contributed by atoms with van der Waals surface area (Å²) in [6, 6.07) is 8.51. The number of primary amides is 1. The van der Waals surface area contributed by atoms with Crippen LogP contribution in [0.1, 0.15) is 37.4 Å². The number of rotatable bonds is 4. The molecule has 0 radical (unpaired) electrons.